The molecule has 1 saturated heterocycles. The number of halogens is 1. The standard InChI is InChI=1S/C21H22ClN3O/c1-15-19(21(22)25(23-15)17-6-3-2-4-7-17)14-24-13-5-8-20(24)16-9-11-18(26)12-10-16/h2-4,6-7,9-12,20,26H,5,8,13-14H2,1H3/t20-/m1/s1. The van der Waals surface area contributed by atoms with Crippen molar-refractivity contribution in [3.63, 3.8) is 0 Å². The molecule has 0 unspecified atom stereocenters. The smallest absolute Gasteiger partial charge is 0.137 e. The Balaban J connectivity index is 1.61. The molecule has 1 atom stereocenters. The molecule has 1 aliphatic rings. The molecular weight excluding hydrogens is 346 g/mol. The van der Waals surface area contributed by atoms with Gasteiger partial charge in [0.2, 0.25) is 0 Å². The van der Waals surface area contributed by atoms with Crippen LogP contribution in [0.4, 0.5) is 0 Å². The highest BCUT2D eigenvalue weighted by Gasteiger charge is 2.28. The number of hydrogen-bond acceptors (Lipinski definition) is 3. The molecule has 1 aliphatic heterocycles. The Morgan fingerprint density at radius 3 is 2.58 bits per heavy atom. The van der Waals surface area contributed by atoms with Crippen molar-refractivity contribution in [3.8, 4) is 11.4 Å². The minimum Gasteiger partial charge on any atom is -0.508 e. The van der Waals surface area contributed by atoms with Crippen LogP contribution in [0.1, 0.15) is 35.7 Å². The summed E-state index contributed by atoms with van der Waals surface area (Å²) in [5, 5.41) is 14.9. The van der Waals surface area contributed by atoms with Gasteiger partial charge in [-0.1, -0.05) is 41.9 Å². The van der Waals surface area contributed by atoms with Crippen LogP contribution in [0.15, 0.2) is 54.6 Å². The Morgan fingerprint density at radius 1 is 1.12 bits per heavy atom. The second-order valence-electron chi connectivity index (χ2n) is 6.82. The molecule has 4 nitrogen and oxygen atoms in total. The molecular formula is C21H22ClN3O. The predicted octanol–water partition coefficient (Wildman–Crippen LogP) is 4.88. The molecule has 0 bridgehead atoms. The summed E-state index contributed by atoms with van der Waals surface area (Å²) in [6, 6.07) is 17.9. The van der Waals surface area contributed by atoms with Crippen LogP contribution in [0.5, 0.6) is 5.75 Å². The Kier molecular flexibility index (Phi) is 4.70. The number of benzene rings is 2. The van der Waals surface area contributed by atoms with Crippen molar-refractivity contribution in [1.29, 1.82) is 0 Å². The maximum absolute atomic E-state index is 9.54. The molecule has 0 spiro atoms. The summed E-state index contributed by atoms with van der Waals surface area (Å²) in [7, 11) is 0. The average Bonchev–Trinajstić information content (AvgIpc) is 3.23. The summed E-state index contributed by atoms with van der Waals surface area (Å²) in [5.41, 5.74) is 4.27. The fraction of sp³-hybridized carbons (Fsp3) is 0.286. The van der Waals surface area contributed by atoms with Crippen LogP contribution >= 0.6 is 11.6 Å². The number of nitrogens with zero attached hydrogens (tertiary/aromatic N) is 3. The van der Waals surface area contributed by atoms with E-state index >= 15 is 0 Å². The van der Waals surface area contributed by atoms with E-state index in [1.54, 1.807) is 12.1 Å². The lowest BCUT2D eigenvalue weighted by Crippen LogP contribution is -2.23. The fourth-order valence-corrected chi connectivity index (χ4v) is 4.08. The Bertz CT molecular complexity index is 890. The van der Waals surface area contributed by atoms with E-state index in [0.717, 1.165) is 42.9 Å². The van der Waals surface area contributed by atoms with Crippen LogP contribution in [0, 0.1) is 6.92 Å². The Hall–Kier alpha value is -2.30. The maximum Gasteiger partial charge on any atom is 0.137 e. The van der Waals surface area contributed by atoms with Gasteiger partial charge in [0.1, 0.15) is 10.9 Å². The third kappa shape index (κ3) is 3.22. The quantitative estimate of drug-likeness (QED) is 0.714. The van der Waals surface area contributed by atoms with Crippen LogP contribution in [-0.4, -0.2) is 26.3 Å². The highest BCUT2D eigenvalue weighted by atomic mass is 35.5. The first kappa shape index (κ1) is 17.1. The van der Waals surface area contributed by atoms with Gasteiger partial charge < -0.3 is 5.11 Å². The summed E-state index contributed by atoms with van der Waals surface area (Å²) in [5.74, 6) is 0.307. The molecule has 0 radical (unpaired) electrons. The van der Waals surface area contributed by atoms with Crippen LogP contribution < -0.4 is 0 Å². The average molecular weight is 368 g/mol. The first-order valence-electron chi connectivity index (χ1n) is 8.96. The fourth-order valence-electron chi connectivity index (χ4n) is 3.74. The van der Waals surface area contributed by atoms with Gasteiger partial charge in [0.15, 0.2) is 0 Å². The van der Waals surface area contributed by atoms with Crippen molar-refractivity contribution in [1.82, 2.24) is 14.7 Å². The van der Waals surface area contributed by atoms with Gasteiger partial charge in [-0.3, -0.25) is 4.90 Å². The van der Waals surface area contributed by atoms with Gasteiger partial charge in [0, 0.05) is 18.2 Å². The second-order valence-corrected chi connectivity index (χ2v) is 7.18. The molecule has 3 aromatic rings. The molecule has 0 amide bonds. The molecule has 134 valence electrons. The molecule has 0 aliphatic carbocycles. The minimum absolute atomic E-state index is 0.307. The van der Waals surface area contributed by atoms with Crippen molar-refractivity contribution in [2.24, 2.45) is 0 Å². The summed E-state index contributed by atoms with van der Waals surface area (Å²) < 4.78 is 1.82. The zero-order valence-electron chi connectivity index (χ0n) is 14.8. The van der Waals surface area contributed by atoms with E-state index in [0.29, 0.717) is 16.9 Å². The third-order valence-corrected chi connectivity index (χ3v) is 5.51. The van der Waals surface area contributed by atoms with Crippen molar-refractivity contribution < 1.29 is 5.11 Å². The van der Waals surface area contributed by atoms with E-state index < -0.39 is 0 Å². The van der Waals surface area contributed by atoms with E-state index in [4.69, 9.17) is 11.6 Å². The highest BCUT2D eigenvalue weighted by molar-refractivity contribution is 6.30. The largest absolute Gasteiger partial charge is 0.508 e. The summed E-state index contributed by atoms with van der Waals surface area (Å²) >= 11 is 6.70. The molecule has 1 fully saturated rings. The van der Waals surface area contributed by atoms with Gasteiger partial charge in [-0.2, -0.15) is 5.10 Å². The number of para-hydroxylation sites is 1. The summed E-state index contributed by atoms with van der Waals surface area (Å²) in [4.78, 5) is 2.46. The molecule has 2 aromatic carbocycles. The van der Waals surface area contributed by atoms with Gasteiger partial charge in [-0.05, 0) is 56.1 Å². The van der Waals surface area contributed by atoms with Crippen molar-refractivity contribution >= 4 is 11.6 Å². The molecule has 1 aromatic heterocycles. The van der Waals surface area contributed by atoms with Gasteiger partial charge in [0.25, 0.3) is 0 Å². The van der Waals surface area contributed by atoms with Crippen molar-refractivity contribution in [2.45, 2.75) is 32.4 Å². The first-order chi connectivity index (χ1) is 12.6. The molecule has 5 heteroatoms. The predicted molar refractivity (Wildman–Crippen MR) is 104 cm³/mol. The van der Waals surface area contributed by atoms with Crippen LogP contribution in [-0.2, 0) is 6.54 Å². The monoisotopic (exact) mass is 367 g/mol. The van der Waals surface area contributed by atoms with E-state index in [2.05, 4.69) is 10.00 Å². The lowest BCUT2D eigenvalue weighted by Gasteiger charge is -2.25. The first-order valence-corrected chi connectivity index (χ1v) is 9.33. The minimum atomic E-state index is 0.307. The van der Waals surface area contributed by atoms with Crippen molar-refractivity contribution in [2.75, 3.05) is 6.54 Å². The molecule has 26 heavy (non-hydrogen) atoms. The number of rotatable bonds is 4. The van der Waals surface area contributed by atoms with Gasteiger partial charge in [-0.25, -0.2) is 4.68 Å². The van der Waals surface area contributed by atoms with Crippen molar-refractivity contribution in [3.05, 3.63) is 76.6 Å². The molecule has 0 saturated carbocycles. The number of aryl methyl sites for hydroxylation is 1. The maximum atomic E-state index is 9.54. The zero-order valence-corrected chi connectivity index (χ0v) is 15.5. The van der Waals surface area contributed by atoms with E-state index in [-0.39, 0.29) is 0 Å². The zero-order chi connectivity index (χ0) is 18.1. The molecule has 2 heterocycles. The van der Waals surface area contributed by atoms with Gasteiger partial charge in [0.05, 0.1) is 11.4 Å². The lowest BCUT2D eigenvalue weighted by molar-refractivity contribution is 0.248. The van der Waals surface area contributed by atoms with Crippen LogP contribution in [0.2, 0.25) is 5.15 Å². The summed E-state index contributed by atoms with van der Waals surface area (Å²) in [6.07, 6.45) is 2.28. The third-order valence-electron chi connectivity index (χ3n) is 5.13. The number of aromatic hydroxyl groups is 1. The Labute approximate surface area is 158 Å². The number of aromatic nitrogens is 2. The topological polar surface area (TPSA) is 41.3 Å². The number of likely N-dealkylation sites (tertiary alicyclic amines) is 1. The SMILES string of the molecule is Cc1nn(-c2ccccc2)c(Cl)c1CN1CCC[C@@H]1c1ccc(O)cc1. The molecule has 1 N–H and O–H groups in total. The van der Waals surface area contributed by atoms with E-state index in [1.807, 2.05) is 54.1 Å². The number of phenolic OH excluding ortho intramolecular Hbond substituents is 1. The second kappa shape index (κ2) is 7.14. The van der Waals surface area contributed by atoms with E-state index in [1.165, 1.54) is 5.56 Å². The van der Waals surface area contributed by atoms with Gasteiger partial charge >= 0.3 is 0 Å². The van der Waals surface area contributed by atoms with Crippen LogP contribution in [0.3, 0.4) is 0 Å². The van der Waals surface area contributed by atoms with Gasteiger partial charge in [-0.15, -0.1) is 0 Å². The molecule has 4 rings (SSSR count). The van der Waals surface area contributed by atoms with E-state index in [9.17, 15) is 5.11 Å². The highest BCUT2D eigenvalue weighted by Crippen LogP contribution is 2.35. The van der Waals surface area contributed by atoms with Crippen LogP contribution in [0.25, 0.3) is 5.69 Å². The number of hydrogen-bond donors (Lipinski definition) is 1. The Morgan fingerprint density at radius 2 is 1.85 bits per heavy atom. The number of phenols is 1. The normalized spacial score (nSPS) is 17.7. The lowest BCUT2D eigenvalue weighted by atomic mass is 10.0. The summed E-state index contributed by atoms with van der Waals surface area (Å²) in [6.45, 7) is 3.84.